The maximum Gasteiger partial charge on any atom is 0.240 e. The van der Waals surface area contributed by atoms with E-state index in [9.17, 15) is 8.42 Å². The molecule has 0 aliphatic carbocycles. The fraction of sp³-hybridized carbons (Fsp3) is 0.333. The minimum Gasteiger partial charge on any atom is -0.207 e. The third kappa shape index (κ3) is 3.90. The van der Waals surface area contributed by atoms with Crippen molar-refractivity contribution < 1.29 is 8.42 Å². The summed E-state index contributed by atoms with van der Waals surface area (Å²) in [4.78, 5) is 0.268. The molecule has 0 spiro atoms. The molecule has 84 valence electrons. The fourth-order valence-electron chi connectivity index (χ4n) is 0.991. The van der Waals surface area contributed by atoms with Gasteiger partial charge >= 0.3 is 0 Å². The number of sulfonamides is 1. The van der Waals surface area contributed by atoms with Gasteiger partial charge < -0.3 is 0 Å². The topological polar surface area (TPSA) is 46.2 Å². The third-order valence-corrected chi connectivity index (χ3v) is 4.72. The summed E-state index contributed by atoms with van der Waals surface area (Å²) in [6.45, 7) is 0. The second kappa shape index (κ2) is 6.03. The maximum atomic E-state index is 11.8. The molecule has 1 N–H and O–H groups in total. The first-order valence-electron chi connectivity index (χ1n) is 4.29. The zero-order chi connectivity index (χ0) is 11.3. The average Bonchev–Trinajstić information content (AvgIpc) is 2.27. The molecule has 3 nitrogen and oxygen atoms in total. The van der Waals surface area contributed by atoms with E-state index >= 15 is 0 Å². The number of alkyl halides is 2. The van der Waals surface area contributed by atoms with Crippen LogP contribution >= 0.6 is 34.2 Å². The molecule has 0 unspecified atom stereocenters. The Morgan fingerprint density at radius 2 is 1.93 bits per heavy atom. The first-order chi connectivity index (χ1) is 7.10. The van der Waals surface area contributed by atoms with Gasteiger partial charge in [0.1, 0.15) is 0 Å². The SMILES string of the molecule is O=S(=O)(N[C@@H](CCl)CI)c1ccccc1. The molecule has 0 aliphatic rings. The van der Waals surface area contributed by atoms with Crippen molar-refractivity contribution >= 4 is 44.2 Å². The summed E-state index contributed by atoms with van der Waals surface area (Å²) in [6, 6.07) is 8.04. The van der Waals surface area contributed by atoms with Crippen molar-refractivity contribution in [2.24, 2.45) is 0 Å². The first-order valence-corrected chi connectivity index (χ1v) is 7.84. The van der Waals surface area contributed by atoms with Crippen LogP contribution < -0.4 is 4.72 Å². The van der Waals surface area contributed by atoms with E-state index < -0.39 is 10.0 Å². The highest BCUT2D eigenvalue weighted by molar-refractivity contribution is 14.1. The lowest BCUT2D eigenvalue weighted by Crippen LogP contribution is -2.37. The zero-order valence-corrected chi connectivity index (χ0v) is 11.6. The second-order valence-corrected chi connectivity index (χ2v) is 5.84. The molecule has 0 aromatic heterocycles. The van der Waals surface area contributed by atoms with Crippen LogP contribution in [0.25, 0.3) is 0 Å². The van der Waals surface area contributed by atoms with Crippen LogP contribution in [0.4, 0.5) is 0 Å². The molecule has 0 fully saturated rings. The van der Waals surface area contributed by atoms with Crippen molar-refractivity contribution in [3.05, 3.63) is 30.3 Å². The van der Waals surface area contributed by atoms with Gasteiger partial charge in [0, 0.05) is 16.3 Å². The van der Waals surface area contributed by atoms with Gasteiger partial charge in [-0.2, -0.15) is 0 Å². The molecule has 1 rings (SSSR count). The quantitative estimate of drug-likeness (QED) is 0.646. The van der Waals surface area contributed by atoms with E-state index in [-0.39, 0.29) is 16.8 Å². The van der Waals surface area contributed by atoms with Gasteiger partial charge in [0.2, 0.25) is 10.0 Å². The van der Waals surface area contributed by atoms with Gasteiger partial charge in [0.15, 0.2) is 0 Å². The van der Waals surface area contributed by atoms with Gasteiger partial charge in [-0.15, -0.1) is 11.6 Å². The minimum atomic E-state index is -3.42. The number of hydrogen-bond donors (Lipinski definition) is 1. The second-order valence-electron chi connectivity index (χ2n) is 2.94. The Bertz CT molecular complexity index is 392. The number of nitrogens with one attached hydrogen (secondary N) is 1. The largest absolute Gasteiger partial charge is 0.240 e. The molecule has 0 radical (unpaired) electrons. The van der Waals surface area contributed by atoms with E-state index in [0.29, 0.717) is 4.43 Å². The number of benzene rings is 1. The van der Waals surface area contributed by atoms with E-state index in [1.54, 1.807) is 30.3 Å². The molecule has 1 aromatic rings. The van der Waals surface area contributed by atoms with E-state index in [4.69, 9.17) is 11.6 Å². The van der Waals surface area contributed by atoms with E-state index in [2.05, 4.69) is 27.3 Å². The molecule has 0 bridgehead atoms. The summed E-state index contributed by atoms with van der Waals surface area (Å²) in [5, 5.41) is 0. The number of hydrogen-bond acceptors (Lipinski definition) is 2. The first kappa shape index (κ1) is 13.2. The molecule has 0 heterocycles. The van der Waals surface area contributed by atoms with Gasteiger partial charge in [-0.05, 0) is 12.1 Å². The van der Waals surface area contributed by atoms with Crippen LogP contribution in [-0.2, 0) is 10.0 Å². The Balaban J connectivity index is 2.85. The van der Waals surface area contributed by atoms with Crippen molar-refractivity contribution in [3.63, 3.8) is 0 Å². The standard InChI is InChI=1S/C9H11ClINO2S/c10-6-8(7-11)12-15(13,14)9-4-2-1-3-5-9/h1-5,8,12H,6-7H2/t8-/m0/s1. The summed E-state index contributed by atoms with van der Waals surface area (Å²) >= 11 is 7.73. The maximum absolute atomic E-state index is 11.8. The summed E-state index contributed by atoms with van der Waals surface area (Å²) in [6.07, 6.45) is 0. The monoisotopic (exact) mass is 359 g/mol. The molecular formula is C9H11ClINO2S. The fourth-order valence-corrected chi connectivity index (χ4v) is 3.72. The molecule has 0 aliphatic heterocycles. The van der Waals surface area contributed by atoms with Crippen molar-refractivity contribution in [2.75, 3.05) is 10.3 Å². The van der Waals surface area contributed by atoms with Crippen molar-refractivity contribution in [2.45, 2.75) is 10.9 Å². The number of rotatable bonds is 5. The molecule has 15 heavy (non-hydrogen) atoms. The van der Waals surface area contributed by atoms with Crippen LogP contribution in [0.2, 0.25) is 0 Å². The van der Waals surface area contributed by atoms with Gasteiger partial charge in [-0.3, -0.25) is 0 Å². The predicted octanol–water partition coefficient (Wildman–Crippen LogP) is 2.01. The number of halogens is 2. The Labute approximate surface area is 108 Å². The summed E-state index contributed by atoms with van der Waals surface area (Å²) < 4.78 is 26.8. The van der Waals surface area contributed by atoms with Gasteiger partial charge in [-0.25, -0.2) is 13.1 Å². The lowest BCUT2D eigenvalue weighted by atomic mass is 10.4. The molecule has 0 saturated carbocycles. The Kier molecular flexibility index (Phi) is 5.31. The van der Waals surface area contributed by atoms with E-state index in [1.807, 2.05) is 0 Å². The van der Waals surface area contributed by atoms with E-state index in [1.165, 1.54) is 0 Å². The Morgan fingerprint density at radius 3 is 2.40 bits per heavy atom. The minimum absolute atomic E-state index is 0.225. The molecule has 6 heteroatoms. The van der Waals surface area contributed by atoms with E-state index in [0.717, 1.165) is 0 Å². The lowest BCUT2D eigenvalue weighted by Gasteiger charge is -2.13. The molecule has 1 aromatic carbocycles. The summed E-state index contributed by atoms with van der Waals surface area (Å²) in [5.41, 5.74) is 0. The van der Waals surface area contributed by atoms with Crippen LogP contribution in [-0.4, -0.2) is 24.8 Å². The van der Waals surface area contributed by atoms with Crippen molar-refractivity contribution in [1.82, 2.24) is 4.72 Å². The Morgan fingerprint density at radius 1 is 1.33 bits per heavy atom. The molecule has 0 saturated heterocycles. The van der Waals surface area contributed by atoms with Gasteiger partial charge in [0.25, 0.3) is 0 Å². The van der Waals surface area contributed by atoms with Crippen LogP contribution in [0.1, 0.15) is 0 Å². The third-order valence-electron chi connectivity index (χ3n) is 1.75. The summed E-state index contributed by atoms with van der Waals surface area (Å²) in [5.74, 6) is 0.273. The van der Waals surface area contributed by atoms with Crippen LogP contribution in [0.3, 0.4) is 0 Å². The normalized spacial score (nSPS) is 13.7. The van der Waals surface area contributed by atoms with Crippen LogP contribution in [0, 0.1) is 0 Å². The van der Waals surface area contributed by atoms with Crippen molar-refractivity contribution in [1.29, 1.82) is 0 Å². The predicted molar refractivity (Wildman–Crippen MR) is 70.2 cm³/mol. The smallest absolute Gasteiger partial charge is 0.207 e. The Hall–Kier alpha value is 0.150. The highest BCUT2D eigenvalue weighted by atomic mass is 127. The average molecular weight is 360 g/mol. The van der Waals surface area contributed by atoms with Gasteiger partial charge in [-0.1, -0.05) is 40.8 Å². The summed E-state index contributed by atoms with van der Waals surface area (Å²) in [7, 11) is -3.42. The highest BCUT2D eigenvalue weighted by Crippen LogP contribution is 2.09. The lowest BCUT2D eigenvalue weighted by molar-refractivity contribution is 0.572. The van der Waals surface area contributed by atoms with Crippen LogP contribution in [0.15, 0.2) is 35.2 Å². The van der Waals surface area contributed by atoms with Gasteiger partial charge in [0.05, 0.1) is 4.90 Å². The highest BCUT2D eigenvalue weighted by Gasteiger charge is 2.17. The molecule has 1 atom stereocenters. The molecular weight excluding hydrogens is 349 g/mol. The van der Waals surface area contributed by atoms with Crippen molar-refractivity contribution in [3.8, 4) is 0 Å². The zero-order valence-electron chi connectivity index (χ0n) is 7.86. The van der Waals surface area contributed by atoms with Crippen LogP contribution in [0.5, 0.6) is 0 Å². The molecule has 0 amide bonds.